The number of hydrogen-bond donors (Lipinski definition) is 0. The molecule has 2 rings (SSSR count). The number of nitrogens with zero attached hydrogens (tertiary/aromatic N) is 2. The van der Waals surface area contributed by atoms with Gasteiger partial charge in [-0.05, 0) is 25.0 Å². The average molecular weight is 232 g/mol. The van der Waals surface area contributed by atoms with E-state index in [9.17, 15) is 13.2 Å². The molecule has 88 valence electrons. The maximum atomic E-state index is 12.3. The monoisotopic (exact) mass is 232 g/mol. The molecule has 1 aliphatic heterocycles. The van der Waals surface area contributed by atoms with Gasteiger partial charge in [0.15, 0.2) is 5.82 Å². The normalized spacial score (nSPS) is 17.6. The van der Waals surface area contributed by atoms with E-state index in [1.165, 1.54) is 11.1 Å². The quantitative estimate of drug-likeness (QED) is 0.744. The number of rotatable bonds is 1. The predicted octanol–water partition coefficient (Wildman–Crippen LogP) is 2.63. The van der Waals surface area contributed by atoms with Gasteiger partial charge in [-0.1, -0.05) is 0 Å². The molecule has 2 heterocycles. The van der Waals surface area contributed by atoms with Crippen molar-refractivity contribution in [1.82, 2.24) is 4.98 Å². The highest BCUT2D eigenvalue weighted by Gasteiger charge is 2.31. The molecule has 1 fully saturated rings. The topological polar surface area (TPSA) is 25.4 Å². The molecule has 0 atom stereocenters. The molecule has 0 aromatic carbocycles. The molecular formula is C10H11F3N2O. The summed E-state index contributed by atoms with van der Waals surface area (Å²) in [6.45, 7) is 1.25. The minimum atomic E-state index is -4.34. The first kappa shape index (κ1) is 11.2. The molecule has 16 heavy (non-hydrogen) atoms. The Morgan fingerprint density at radius 2 is 2.06 bits per heavy atom. The van der Waals surface area contributed by atoms with Gasteiger partial charge in [-0.2, -0.15) is 13.2 Å². The Bertz CT molecular complexity index is 344. The van der Waals surface area contributed by atoms with Crippen molar-refractivity contribution in [3.05, 3.63) is 23.9 Å². The Kier molecular flexibility index (Phi) is 3.00. The van der Waals surface area contributed by atoms with Gasteiger partial charge in [0.2, 0.25) is 0 Å². The van der Waals surface area contributed by atoms with Crippen LogP contribution >= 0.6 is 0 Å². The summed E-state index contributed by atoms with van der Waals surface area (Å²) in [5.41, 5.74) is -0.742. The number of aromatic nitrogens is 1. The molecule has 0 bridgehead atoms. The molecule has 1 saturated heterocycles. The fourth-order valence-corrected chi connectivity index (χ4v) is 1.48. The third-order valence-electron chi connectivity index (χ3n) is 2.33. The fraction of sp³-hybridized carbons (Fsp3) is 0.500. The molecule has 1 aromatic rings. The SMILES string of the molecule is FC(F)(F)c1ccc(N2CCCCO2)nc1. The summed E-state index contributed by atoms with van der Waals surface area (Å²) in [6.07, 6.45) is -1.58. The van der Waals surface area contributed by atoms with Crippen LogP contribution in [0.1, 0.15) is 18.4 Å². The van der Waals surface area contributed by atoms with E-state index in [2.05, 4.69) is 4.98 Å². The van der Waals surface area contributed by atoms with E-state index in [0.29, 0.717) is 19.0 Å². The van der Waals surface area contributed by atoms with Gasteiger partial charge in [0.25, 0.3) is 0 Å². The number of alkyl halides is 3. The third-order valence-corrected chi connectivity index (χ3v) is 2.33. The zero-order valence-electron chi connectivity index (χ0n) is 8.50. The van der Waals surface area contributed by atoms with Gasteiger partial charge in [0, 0.05) is 12.7 Å². The van der Waals surface area contributed by atoms with Gasteiger partial charge in [-0.15, -0.1) is 0 Å². The van der Waals surface area contributed by atoms with Crippen LogP contribution in [-0.4, -0.2) is 18.1 Å². The largest absolute Gasteiger partial charge is 0.417 e. The Labute approximate surface area is 90.8 Å². The van der Waals surface area contributed by atoms with E-state index in [4.69, 9.17) is 4.84 Å². The molecule has 3 nitrogen and oxygen atoms in total. The average Bonchev–Trinajstić information content (AvgIpc) is 2.29. The first-order chi connectivity index (χ1) is 7.57. The first-order valence-corrected chi connectivity index (χ1v) is 5.01. The molecule has 0 saturated carbocycles. The highest BCUT2D eigenvalue weighted by molar-refractivity contribution is 5.37. The lowest BCUT2D eigenvalue weighted by Gasteiger charge is -2.26. The summed E-state index contributed by atoms with van der Waals surface area (Å²) in [6, 6.07) is 2.34. The van der Waals surface area contributed by atoms with Crippen LogP contribution in [0.25, 0.3) is 0 Å². The van der Waals surface area contributed by atoms with Crippen LogP contribution in [0.15, 0.2) is 18.3 Å². The van der Waals surface area contributed by atoms with Crippen LogP contribution in [0.4, 0.5) is 19.0 Å². The van der Waals surface area contributed by atoms with Crippen molar-refractivity contribution in [2.45, 2.75) is 19.0 Å². The van der Waals surface area contributed by atoms with Crippen molar-refractivity contribution in [3.8, 4) is 0 Å². The Morgan fingerprint density at radius 3 is 2.56 bits per heavy atom. The van der Waals surface area contributed by atoms with E-state index in [-0.39, 0.29) is 0 Å². The molecule has 0 amide bonds. The van der Waals surface area contributed by atoms with Crippen LogP contribution in [0.3, 0.4) is 0 Å². The Hall–Kier alpha value is -1.30. The molecule has 6 heteroatoms. The molecule has 0 unspecified atom stereocenters. The van der Waals surface area contributed by atoms with Crippen molar-refractivity contribution in [2.75, 3.05) is 18.2 Å². The Balaban J connectivity index is 2.12. The number of halogens is 3. The van der Waals surface area contributed by atoms with E-state index in [1.54, 1.807) is 0 Å². The van der Waals surface area contributed by atoms with Gasteiger partial charge in [0.05, 0.1) is 12.2 Å². The van der Waals surface area contributed by atoms with Gasteiger partial charge in [-0.25, -0.2) is 10.0 Å². The van der Waals surface area contributed by atoms with Crippen molar-refractivity contribution >= 4 is 5.82 Å². The maximum absolute atomic E-state index is 12.3. The lowest BCUT2D eigenvalue weighted by molar-refractivity contribution is -0.137. The third kappa shape index (κ3) is 2.44. The zero-order chi connectivity index (χ0) is 11.6. The van der Waals surface area contributed by atoms with Gasteiger partial charge in [-0.3, -0.25) is 4.84 Å². The van der Waals surface area contributed by atoms with Gasteiger partial charge < -0.3 is 0 Å². The van der Waals surface area contributed by atoms with Crippen LogP contribution < -0.4 is 5.06 Å². The highest BCUT2D eigenvalue weighted by Crippen LogP contribution is 2.29. The standard InChI is InChI=1S/C10H11F3N2O/c11-10(12,13)8-3-4-9(14-7-8)15-5-1-2-6-16-15/h3-4,7H,1-2,5-6H2. The van der Waals surface area contributed by atoms with Crippen molar-refractivity contribution in [1.29, 1.82) is 0 Å². The summed E-state index contributed by atoms with van der Waals surface area (Å²) >= 11 is 0. The second kappa shape index (κ2) is 4.29. The number of pyridine rings is 1. The minimum absolute atomic E-state index is 0.424. The second-order valence-corrected chi connectivity index (χ2v) is 3.55. The van der Waals surface area contributed by atoms with Crippen LogP contribution in [-0.2, 0) is 11.0 Å². The van der Waals surface area contributed by atoms with Gasteiger partial charge in [0.1, 0.15) is 0 Å². The lowest BCUT2D eigenvalue weighted by atomic mass is 10.2. The minimum Gasteiger partial charge on any atom is -0.272 e. The molecule has 0 radical (unpaired) electrons. The summed E-state index contributed by atoms with van der Waals surface area (Å²) in [4.78, 5) is 9.03. The molecule has 0 aliphatic carbocycles. The van der Waals surface area contributed by atoms with Crippen molar-refractivity contribution < 1.29 is 18.0 Å². The van der Waals surface area contributed by atoms with E-state index < -0.39 is 11.7 Å². The highest BCUT2D eigenvalue weighted by atomic mass is 19.4. The van der Waals surface area contributed by atoms with Crippen LogP contribution in [0.5, 0.6) is 0 Å². The smallest absolute Gasteiger partial charge is 0.272 e. The van der Waals surface area contributed by atoms with Gasteiger partial charge >= 0.3 is 6.18 Å². The second-order valence-electron chi connectivity index (χ2n) is 3.55. The molecule has 1 aromatic heterocycles. The number of hydroxylamine groups is 1. The number of hydrogen-bond acceptors (Lipinski definition) is 3. The zero-order valence-corrected chi connectivity index (χ0v) is 8.50. The van der Waals surface area contributed by atoms with Crippen LogP contribution in [0, 0.1) is 0 Å². The molecular weight excluding hydrogens is 221 g/mol. The summed E-state index contributed by atoms with van der Waals surface area (Å²) in [5.74, 6) is 0.424. The fourth-order valence-electron chi connectivity index (χ4n) is 1.48. The summed E-state index contributed by atoms with van der Waals surface area (Å²) in [7, 11) is 0. The maximum Gasteiger partial charge on any atom is 0.417 e. The van der Waals surface area contributed by atoms with E-state index in [0.717, 1.165) is 25.1 Å². The number of anilines is 1. The van der Waals surface area contributed by atoms with E-state index in [1.807, 2.05) is 0 Å². The lowest BCUT2D eigenvalue weighted by Crippen LogP contribution is -2.30. The molecule has 0 spiro atoms. The molecule has 1 aliphatic rings. The van der Waals surface area contributed by atoms with Crippen LogP contribution in [0.2, 0.25) is 0 Å². The summed E-state index contributed by atoms with van der Waals surface area (Å²) < 4.78 is 36.8. The Morgan fingerprint density at radius 1 is 1.25 bits per heavy atom. The van der Waals surface area contributed by atoms with E-state index >= 15 is 0 Å². The van der Waals surface area contributed by atoms with Crippen molar-refractivity contribution in [2.24, 2.45) is 0 Å². The molecule has 0 N–H and O–H groups in total. The predicted molar refractivity (Wildman–Crippen MR) is 51.8 cm³/mol. The summed E-state index contributed by atoms with van der Waals surface area (Å²) in [5, 5.41) is 1.53. The van der Waals surface area contributed by atoms with Crippen molar-refractivity contribution in [3.63, 3.8) is 0 Å². The first-order valence-electron chi connectivity index (χ1n) is 5.01.